The number of carboxylic acids is 1. The molecule has 2 rings (SSSR count). The molecule has 0 radical (unpaired) electrons. The number of carbonyl (C=O) groups is 2. The Bertz CT molecular complexity index is 339. The fourth-order valence-corrected chi connectivity index (χ4v) is 2.47. The number of urea groups is 1. The molecule has 2 aliphatic carbocycles. The van der Waals surface area contributed by atoms with Crippen LogP contribution in [0.25, 0.3) is 0 Å². The van der Waals surface area contributed by atoms with Crippen LogP contribution in [0.1, 0.15) is 45.4 Å². The molecule has 0 aromatic carbocycles. The van der Waals surface area contributed by atoms with E-state index < -0.39 is 5.97 Å². The Morgan fingerprint density at radius 3 is 2.67 bits per heavy atom. The normalized spacial score (nSPS) is 29.4. The topological polar surface area (TPSA) is 78.4 Å². The first-order valence-corrected chi connectivity index (χ1v) is 6.76. The molecule has 18 heavy (non-hydrogen) atoms. The molecule has 0 saturated heterocycles. The predicted octanol–water partition coefficient (Wildman–Crippen LogP) is 1.73. The Morgan fingerprint density at radius 1 is 1.33 bits per heavy atom. The molecular weight excluding hydrogens is 232 g/mol. The van der Waals surface area contributed by atoms with Crippen LogP contribution in [0, 0.1) is 11.3 Å². The number of carbonyl (C=O) groups excluding carboxylic acids is 1. The maximum Gasteiger partial charge on any atom is 0.315 e. The lowest BCUT2D eigenvalue weighted by Crippen LogP contribution is -2.46. The number of hydrogen-bond donors (Lipinski definition) is 3. The Kier molecular flexibility index (Phi) is 3.78. The van der Waals surface area contributed by atoms with Gasteiger partial charge in [0.2, 0.25) is 0 Å². The van der Waals surface area contributed by atoms with Gasteiger partial charge in [0, 0.05) is 12.6 Å². The first-order valence-electron chi connectivity index (χ1n) is 6.76. The third-order valence-corrected chi connectivity index (χ3v) is 4.14. The molecule has 2 atom stereocenters. The molecule has 5 heteroatoms. The van der Waals surface area contributed by atoms with E-state index in [-0.39, 0.29) is 18.0 Å². The van der Waals surface area contributed by atoms with E-state index in [0.717, 1.165) is 19.3 Å². The number of hydrogen-bond acceptors (Lipinski definition) is 2. The van der Waals surface area contributed by atoms with Crippen molar-refractivity contribution in [1.82, 2.24) is 10.6 Å². The molecule has 0 heterocycles. The molecule has 2 amide bonds. The number of nitrogens with one attached hydrogen (secondary N) is 2. The summed E-state index contributed by atoms with van der Waals surface area (Å²) in [6, 6.07) is -0.147. The van der Waals surface area contributed by atoms with E-state index in [2.05, 4.69) is 17.6 Å². The third-order valence-electron chi connectivity index (χ3n) is 4.14. The molecule has 102 valence electrons. The van der Waals surface area contributed by atoms with Gasteiger partial charge >= 0.3 is 12.0 Å². The Balaban J connectivity index is 1.71. The summed E-state index contributed by atoms with van der Waals surface area (Å²) in [6.45, 7) is 2.88. The van der Waals surface area contributed by atoms with E-state index in [9.17, 15) is 9.59 Å². The maximum atomic E-state index is 11.7. The Hall–Kier alpha value is -1.26. The van der Waals surface area contributed by atoms with Gasteiger partial charge in [-0.15, -0.1) is 0 Å². The van der Waals surface area contributed by atoms with Gasteiger partial charge in [0.1, 0.15) is 0 Å². The van der Waals surface area contributed by atoms with E-state index >= 15 is 0 Å². The zero-order valence-corrected chi connectivity index (χ0v) is 10.9. The molecule has 2 unspecified atom stereocenters. The smallest absolute Gasteiger partial charge is 0.315 e. The molecule has 0 spiro atoms. The highest BCUT2D eigenvalue weighted by atomic mass is 16.4. The van der Waals surface area contributed by atoms with Gasteiger partial charge < -0.3 is 15.7 Å². The standard InChI is InChI=1S/C13H22N2O3/c1-13(5-6-13)8-14-12(18)15-10-4-2-3-9(7-10)11(16)17/h9-10H,2-8H2,1H3,(H,16,17)(H2,14,15,18). The zero-order chi connectivity index (χ0) is 13.2. The van der Waals surface area contributed by atoms with Crippen molar-refractivity contribution in [3.63, 3.8) is 0 Å². The number of amides is 2. The summed E-state index contributed by atoms with van der Waals surface area (Å²) in [5.41, 5.74) is 0.299. The molecule has 3 N–H and O–H groups in total. The van der Waals surface area contributed by atoms with Crippen molar-refractivity contribution in [2.45, 2.75) is 51.5 Å². The van der Waals surface area contributed by atoms with Crippen LogP contribution in [0.15, 0.2) is 0 Å². The van der Waals surface area contributed by atoms with Crippen molar-refractivity contribution < 1.29 is 14.7 Å². The molecule has 5 nitrogen and oxygen atoms in total. The van der Waals surface area contributed by atoms with Gasteiger partial charge in [-0.2, -0.15) is 0 Å². The third kappa shape index (κ3) is 3.62. The van der Waals surface area contributed by atoms with Gasteiger partial charge in [-0.25, -0.2) is 4.79 Å². The van der Waals surface area contributed by atoms with E-state index in [1.165, 1.54) is 12.8 Å². The quantitative estimate of drug-likeness (QED) is 0.715. The fourth-order valence-electron chi connectivity index (χ4n) is 2.47. The van der Waals surface area contributed by atoms with E-state index in [4.69, 9.17) is 5.11 Å². The zero-order valence-electron chi connectivity index (χ0n) is 10.9. The average Bonchev–Trinajstić information content (AvgIpc) is 3.06. The van der Waals surface area contributed by atoms with Crippen molar-refractivity contribution in [2.24, 2.45) is 11.3 Å². The van der Waals surface area contributed by atoms with Crippen LogP contribution in [0.3, 0.4) is 0 Å². The number of aliphatic carboxylic acids is 1. The SMILES string of the molecule is CC1(CNC(=O)NC2CCCC(C(=O)O)C2)CC1. The highest BCUT2D eigenvalue weighted by molar-refractivity contribution is 5.74. The van der Waals surface area contributed by atoms with E-state index in [1.54, 1.807) is 0 Å². The minimum Gasteiger partial charge on any atom is -0.481 e. The Morgan fingerprint density at radius 2 is 2.06 bits per heavy atom. The summed E-state index contributed by atoms with van der Waals surface area (Å²) in [7, 11) is 0. The van der Waals surface area contributed by atoms with Crippen LogP contribution in [0.4, 0.5) is 4.79 Å². The summed E-state index contributed by atoms with van der Waals surface area (Å²) in [5.74, 6) is -1.04. The van der Waals surface area contributed by atoms with Gasteiger partial charge in [-0.05, 0) is 37.5 Å². The molecule has 0 bridgehead atoms. The Labute approximate surface area is 107 Å². The van der Waals surface area contributed by atoms with Gasteiger partial charge in [-0.3, -0.25) is 4.79 Å². The van der Waals surface area contributed by atoms with Crippen molar-refractivity contribution in [3.05, 3.63) is 0 Å². The number of carboxylic acid groups (broad SMARTS) is 1. The molecule has 2 fully saturated rings. The lowest BCUT2D eigenvalue weighted by Gasteiger charge is -2.27. The minimum absolute atomic E-state index is 0.00635. The van der Waals surface area contributed by atoms with Gasteiger partial charge in [0.05, 0.1) is 5.92 Å². The monoisotopic (exact) mass is 254 g/mol. The van der Waals surface area contributed by atoms with Gasteiger partial charge in [0.25, 0.3) is 0 Å². The van der Waals surface area contributed by atoms with Crippen LogP contribution in [0.5, 0.6) is 0 Å². The van der Waals surface area contributed by atoms with Crippen LogP contribution in [-0.2, 0) is 4.79 Å². The first-order chi connectivity index (χ1) is 8.48. The average molecular weight is 254 g/mol. The second kappa shape index (κ2) is 5.16. The lowest BCUT2D eigenvalue weighted by atomic mass is 9.86. The molecular formula is C13H22N2O3. The summed E-state index contributed by atoms with van der Waals surface area (Å²) < 4.78 is 0. The van der Waals surface area contributed by atoms with Gasteiger partial charge in [0.15, 0.2) is 0 Å². The first kappa shape index (κ1) is 13.2. The van der Waals surface area contributed by atoms with Crippen LogP contribution >= 0.6 is 0 Å². The fraction of sp³-hybridized carbons (Fsp3) is 0.846. The lowest BCUT2D eigenvalue weighted by molar-refractivity contribution is -0.143. The summed E-state index contributed by atoms with van der Waals surface area (Å²) in [5, 5.41) is 14.7. The molecule has 2 aliphatic rings. The molecule has 0 aromatic heterocycles. The van der Waals surface area contributed by atoms with E-state index in [1.807, 2.05) is 0 Å². The minimum atomic E-state index is -0.743. The summed E-state index contributed by atoms with van der Waals surface area (Å²) >= 11 is 0. The van der Waals surface area contributed by atoms with Crippen molar-refractivity contribution in [3.8, 4) is 0 Å². The van der Waals surface area contributed by atoms with Crippen molar-refractivity contribution >= 4 is 12.0 Å². The van der Waals surface area contributed by atoms with Crippen LogP contribution < -0.4 is 10.6 Å². The summed E-state index contributed by atoms with van der Waals surface area (Å²) in [6.07, 6.45) is 5.40. The van der Waals surface area contributed by atoms with Crippen LogP contribution in [0.2, 0.25) is 0 Å². The summed E-state index contributed by atoms with van der Waals surface area (Å²) in [4.78, 5) is 22.6. The maximum absolute atomic E-state index is 11.7. The highest BCUT2D eigenvalue weighted by Gasteiger charge is 2.37. The van der Waals surface area contributed by atoms with Gasteiger partial charge in [-0.1, -0.05) is 13.3 Å². The highest BCUT2D eigenvalue weighted by Crippen LogP contribution is 2.43. The predicted molar refractivity (Wildman–Crippen MR) is 67.3 cm³/mol. The van der Waals surface area contributed by atoms with Crippen LogP contribution in [-0.4, -0.2) is 29.7 Å². The largest absolute Gasteiger partial charge is 0.481 e. The second-order valence-electron chi connectivity index (χ2n) is 6.04. The van der Waals surface area contributed by atoms with E-state index in [0.29, 0.717) is 18.4 Å². The molecule has 2 saturated carbocycles. The molecule has 0 aliphatic heterocycles. The van der Waals surface area contributed by atoms with Crippen molar-refractivity contribution in [2.75, 3.05) is 6.54 Å². The molecule has 0 aromatic rings. The second-order valence-corrected chi connectivity index (χ2v) is 6.04. The van der Waals surface area contributed by atoms with Crippen molar-refractivity contribution in [1.29, 1.82) is 0 Å². The number of rotatable bonds is 4.